The molecule has 1 aliphatic heterocycles. The summed E-state index contributed by atoms with van der Waals surface area (Å²) in [6, 6.07) is 4.49. The number of halogens is 3. The molecule has 3 rings (SSSR count). The van der Waals surface area contributed by atoms with Crippen LogP contribution in [0.5, 0.6) is 0 Å². The van der Waals surface area contributed by atoms with E-state index in [1.807, 2.05) is 0 Å². The van der Waals surface area contributed by atoms with E-state index in [1.165, 1.54) is 17.1 Å². The van der Waals surface area contributed by atoms with Crippen LogP contribution in [0.25, 0.3) is 0 Å². The van der Waals surface area contributed by atoms with E-state index >= 15 is 0 Å². The van der Waals surface area contributed by atoms with Crippen molar-refractivity contribution < 1.29 is 18.0 Å². The van der Waals surface area contributed by atoms with Crippen molar-refractivity contribution >= 4 is 17.3 Å². The Balaban J connectivity index is 1.84. The van der Waals surface area contributed by atoms with Crippen molar-refractivity contribution in [1.82, 2.24) is 0 Å². The Kier molecular flexibility index (Phi) is 2.62. The van der Waals surface area contributed by atoms with Gasteiger partial charge in [-0.25, -0.2) is 5.01 Å². The average molecular weight is 268 g/mol. The minimum absolute atomic E-state index is 0.179. The van der Waals surface area contributed by atoms with E-state index in [-0.39, 0.29) is 12.3 Å². The molecule has 0 saturated heterocycles. The van der Waals surface area contributed by atoms with Gasteiger partial charge in [0.2, 0.25) is 0 Å². The number of hydrazone groups is 1. The highest BCUT2D eigenvalue weighted by Crippen LogP contribution is 2.36. The maximum atomic E-state index is 12.4. The lowest BCUT2D eigenvalue weighted by atomic mass is 10.2. The third-order valence-corrected chi connectivity index (χ3v) is 3.28. The molecule has 1 aliphatic carbocycles. The second kappa shape index (κ2) is 4.08. The molecule has 3 nitrogen and oxygen atoms in total. The van der Waals surface area contributed by atoms with Gasteiger partial charge in [-0.3, -0.25) is 4.79 Å². The van der Waals surface area contributed by atoms with Crippen molar-refractivity contribution in [2.45, 2.75) is 25.4 Å². The van der Waals surface area contributed by atoms with Gasteiger partial charge in [-0.2, -0.15) is 18.3 Å². The molecule has 0 N–H and O–H groups in total. The molecule has 0 radical (unpaired) electrons. The molecule has 6 heteroatoms. The molecule has 1 saturated carbocycles. The summed E-state index contributed by atoms with van der Waals surface area (Å²) in [5.74, 6) is 0.213. The molecule has 0 unspecified atom stereocenters. The zero-order chi connectivity index (χ0) is 13.6. The largest absolute Gasteiger partial charge is 0.416 e. The molecular formula is C13H11F3N2O. The monoisotopic (exact) mass is 268 g/mol. The van der Waals surface area contributed by atoms with Crippen molar-refractivity contribution in [2.75, 3.05) is 5.01 Å². The van der Waals surface area contributed by atoms with Crippen LogP contribution < -0.4 is 5.01 Å². The number of amides is 1. The van der Waals surface area contributed by atoms with Gasteiger partial charge in [-0.15, -0.1) is 0 Å². The molecule has 0 aromatic heterocycles. The Hall–Kier alpha value is -1.85. The fourth-order valence-corrected chi connectivity index (χ4v) is 2.09. The Morgan fingerprint density at radius 3 is 2.32 bits per heavy atom. The van der Waals surface area contributed by atoms with Gasteiger partial charge in [-0.1, -0.05) is 0 Å². The molecule has 19 heavy (non-hydrogen) atoms. The SMILES string of the molecule is O=C1CC(C2CC2)=NN1c1ccc(C(F)(F)F)cc1. The van der Waals surface area contributed by atoms with Gasteiger partial charge in [-0.05, 0) is 43.0 Å². The van der Waals surface area contributed by atoms with E-state index in [9.17, 15) is 18.0 Å². The first kappa shape index (κ1) is 12.2. The van der Waals surface area contributed by atoms with E-state index in [0.29, 0.717) is 11.6 Å². The van der Waals surface area contributed by atoms with Crippen LogP contribution in [0.15, 0.2) is 29.4 Å². The summed E-state index contributed by atoms with van der Waals surface area (Å²) in [5.41, 5.74) is 0.507. The first-order valence-corrected chi connectivity index (χ1v) is 6.03. The Morgan fingerprint density at radius 2 is 1.79 bits per heavy atom. The van der Waals surface area contributed by atoms with Crippen LogP contribution in [-0.2, 0) is 11.0 Å². The molecule has 1 fully saturated rings. The zero-order valence-corrected chi connectivity index (χ0v) is 9.94. The van der Waals surface area contributed by atoms with Gasteiger partial charge in [0.15, 0.2) is 0 Å². The van der Waals surface area contributed by atoms with Gasteiger partial charge in [0.1, 0.15) is 0 Å². The van der Waals surface area contributed by atoms with Crippen LogP contribution in [0.1, 0.15) is 24.8 Å². The number of hydrogen-bond acceptors (Lipinski definition) is 2. The number of carbonyl (C=O) groups is 1. The van der Waals surface area contributed by atoms with Crippen LogP contribution in [0.2, 0.25) is 0 Å². The minimum atomic E-state index is -4.37. The lowest BCUT2D eigenvalue weighted by Gasteiger charge is -2.13. The number of anilines is 1. The second-order valence-corrected chi connectivity index (χ2v) is 4.79. The van der Waals surface area contributed by atoms with Crippen LogP contribution >= 0.6 is 0 Å². The normalized spacial score (nSPS) is 19.8. The average Bonchev–Trinajstić information content (AvgIpc) is 3.12. The van der Waals surface area contributed by atoms with Crippen molar-refractivity contribution in [3.8, 4) is 0 Å². The molecule has 2 aliphatic rings. The van der Waals surface area contributed by atoms with Crippen LogP contribution in [0.4, 0.5) is 18.9 Å². The number of benzene rings is 1. The minimum Gasteiger partial charge on any atom is -0.272 e. The van der Waals surface area contributed by atoms with Gasteiger partial charge in [0.25, 0.3) is 5.91 Å². The first-order chi connectivity index (χ1) is 8.95. The summed E-state index contributed by atoms with van der Waals surface area (Å²) >= 11 is 0. The van der Waals surface area contributed by atoms with Crippen LogP contribution in [0.3, 0.4) is 0 Å². The molecule has 0 bridgehead atoms. The van der Waals surface area contributed by atoms with E-state index in [4.69, 9.17) is 0 Å². The van der Waals surface area contributed by atoms with Gasteiger partial charge in [0, 0.05) is 0 Å². The topological polar surface area (TPSA) is 32.7 Å². The molecule has 1 amide bonds. The smallest absolute Gasteiger partial charge is 0.272 e. The predicted octanol–water partition coefficient (Wildman–Crippen LogP) is 3.21. The molecular weight excluding hydrogens is 257 g/mol. The van der Waals surface area contributed by atoms with Crippen LogP contribution in [0, 0.1) is 5.92 Å². The number of carbonyl (C=O) groups excluding carboxylic acids is 1. The number of nitrogens with zero attached hydrogens (tertiary/aromatic N) is 2. The van der Waals surface area contributed by atoms with E-state index < -0.39 is 11.7 Å². The summed E-state index contributed by atoms with van der Waals surface area (Å²) in [4.78, 5) is 11.8. The summed E-state index contributed by atoms with van der Waals surface area (Å²) < 4.78 is 37.3. The molecule has 1 heterocycles. The molecule has 100 valence electrons. The van der Waals surface area contributed by atoms with Gasteiger partial charge in [0.05, 0.1) is 23.4 Å². The van der Waals surface area contributed by atoms with E-state index in [2.05, 4.69) is 5.10 Å². The Bertz CT molecular complexity index is 544. The maximum absolute atomic E-state index is 12.4. The van der Waals surface area contributed by atoms with Crippen molar-refractivity contribution in [1.29, 1.82) is 0 Å². The van der Waals surface area contributed by atoms with E-state index in [0.717, 1.165) is 30.7 Å². The van der Waals surface area contributed by atoms with Crippen molar-refractivity contribution in [3.63, 3.8) is 0 Å². The highest BCUT2D eigenvalue weighted by Gasteiger charge is 2.36. The highest BCUT2D eigenvalue weighted by atomic mass is 19.4. The standard InChI is InChI=1S/C13H11F3N2O/c14-13(15,16)9-3-5-10(6-4-9)18-12(19)7-11(17-18)8-1-2-8/h3-6,8H,1-2,7H2. The Labute approximate surface area is 107 Å². The highest BCUT2D eigenvalue weighted by molar-refractivity contribution is 6.14. The van der Waals surface area contributed by atoms with Gasteiger partial charge >= 0.3 is 6.18 Å². The fourth-order valence-electron chi connectivity index (χ4n) is 2.09. The number of hydrogen-bond donors (Lipinski definition) is 0. The zero-order valence-electron chi connectivity index (χ0n) is 9.94. The lowest BCUT2D eigenvalue weighted by molar-refractivity contribution is -0.137. The summed E-state index contributed by atoms with van der Waals surface area (Å²) in [5, 5.41) is 5.41. The first-order valence-electron chi connectivity index (χ1n) is 6.03. The third-order valence-electron chi connectivity index (χ3n) is 3.28. The molecule has 1 aromatic rings. The van der Waals surface area contributed by atoms with Gasteiger partial charge < -0.3 is 0 Å². The molecule has 0 atom stereocenters. The lowest BCUT2D eigenvalue weighted by Crippen LogP contribution is -2.19. The quantitative estimate of drug-likeness (QED) is 0.810. The van der Waals surface area contributed by atoms with Crippen molar-refractivity contribution in [3.05, 3.63) is 29.8 Å². The maximum Gasteiger partial charge on any atom is 0.416 e. The Morgan fingerprint density at radius 1 is 1.16 bits per heavy atom. The van der Waals surface area contributed by atoms with E-state index in [1.54, 1.807) is 0 Å². The number of rotatable bonds is 2. The number of alkyl halides is 3. The molecule has 0 spiro atoms. The second-order valence-electron chi connectivity index (χ2n) is 4.79. The van der Waals surface area contributed by atoms with Crippen LogP contribution in [-0.4, -0.2) is 11.6 Å². The molecule has 1 aromatic carbocycles. The third kappa shape index (κ3) is 2.34. The van der Waals surface area contributed by atoms with Crippen molar-refractivity contribution in [2.24, 2.45) is 11.0 Å². The fraction of sp³-hybridized carbons (Fsp3) is 0.385. The summed E-state index contributed by atoms with van der Waals surface area (Å²) in [7, 11) is 0. The summed E-state index contributed by atoms with van der Waals surface area (Å²) in [6.45, 7) is 0. The predicted molar refractivity (Wildman–Crippen MR) is 63.7 cm³/mol. The summed E-state index contributed by atoms with van der Waals surface area (Å²) in [6.07, 6.45) is -1.98.